The molecule has 3 nitrogen and oxygen atoms in total. The maximum Gasteiger partial charge on any atom is 0.0702 e. The van der Waals surface area contributed by atoms with Crippen LogP contribution in [0.15, 0.2) is 0 Å². The quantitative estimate of drug-likeness (QED) is 0.751. The van der Waals surface area contributed by atoms with Crippen LogP contribution >= 0.6 is 0 Å². The van der Waals surface area contributed by atoms with Gasteiger partial charge >= 0.3 is 0 Å². The average Bonchev–Trinajstić information content (AvgIpc) is 2.29. The van der Waals surface area contributed by atoms with E-state index < -0.39 is 0 Å². The summed E-state index contributed by atoms with van der Waals surface area (Å²) in [4.78, 5) is 2.57. The van der Waals surface area contributed by atoms with Crippen molar-refractivity contribution in [2.45, 2.75) is 58.7 Å². The third kappa shape index (κ3) is 4.04. The molecule has 1 N–H and O–H groups in total. The van der Waals surface area contributed by atoms with Crippen molar-refractivity contribution in [1.82, 2.24) is 10.2 Å². The minimum absolute atomic E-state index is 0.454. The summed E-state index contributed by atoms with van der Waals surface area (Å²) in [5.74, 6) is 0. The van der Waals surface area contributed by atoms with Crippen LogP contribution in [0, 0.1) is 0 Å². The van der Waals surface area contributed by atoms with Crippen LogP contribution in [-0.2, 0) is 4.74 Å². The number of hydrogen-bond donors (Lipinski definition) is 1. The van der Waals surface area contributed by atoms with Gasteiger partial charge < -0.3 is 10.1 Å². The molecule has 0 aromatic carbocycles. The van der Waals surface area contributed by atoms with E-state index in [4.69, 9.17) is 4.74 Å². The van der Waals surface area contributed by atoms with Crippen molar-refractivity contribution in [2.24, 2.45) is 0 Å². The second-order valence-electron chi connectivity index (χ2n) is 4.80. The average molecular weight is 228 g/mol. The lowest BCUT2D eigenvalue weighted by molar-refractivity contribution is -0.00899. The molecule has 3 heteroatoms. The predicted octanol–water partition coefficient (Wildman–Crippen LogP) is 1.87. The van der Waals surface area contributed by atoms with Crippen molar-refractivity contribution in [2.75, 3.05) is 26.2 Å². The summed E-state index contributed by atoms with van der Waals surface area (Å²) in [7, 11) is 0. The van der Waals surface area contributed by atoms with Gasteiger partial charge in [0.2, 0.25) is 0 Å². The number of likely N-dealkylation sites (tertiary alicyclic amines) is 1. The van der Waals surface area contributed by atoms with Gasteiger partial charge in [0.15, 0.2) is 0 Å². The summed E-state index contributed by atoms with van der Waals surface area (Å²) in [5, 5.41) is 3.51. The van der Waals surface area contributed by atoms with Crippen molar-refractivity contribution in [3.63, 3.8) is 0 Å². The van der Waals surface area contributed by atoms with Crippen LogP contribution in [0.3, 0.4) is 0 Å². The fraction of sp³-hybridized carbons (Fsp3) is 1.00. The molecule has 3 atom stereocenters. The molecular weight excluding hydrogens is 200 g/mol. The first-order chi connectivity index (χ1) is 7.69. The molecule has 0 amide bonds. The smallest absolute Gasteiger partial charge is 0.0702 e. The molecule has 0 spiro atoms. The normalized spacial score (nSPS) is 26.6. The summed E-state index contributed by atoms with van der Waals surface area (Å²) in [5.41, 5.74) is 0. The van der Waals surface area contributed by atoms with Gasteiger partial charge in [-0.2, -0.15) is 0 Å². The number of rotatable bonds is 6. The minimum Gasteiger partial charge on any atom is -0.377 e. The standard InChI is InChI=1S/C13H28N2O/c1-5-14-11(3)12(4)15-9-7-8-13(10-15)16-6-2/h11-14H,5-10H2,1-4H3. The van der Waals surface area contributed by atoms with E-state index in [1.165, 1.54) is 19.4 Å². The van der Waals surface area contributed by atoms with Crippen LogP contribution in [0.25, 0.3) is 0 Å². The largest absolute Gasteiger partial charge is 0.377 e. The van der Waals surface area contributed by atoms with Crippen LogP contribution < -0.4 is 5.32 Å². The molecule has 3 unspecified atom stereocenters. The molecule has 0 aromatic rings. The van der Waals surface area contributed by atoms with Crippen LogP contribution in [0.1, 0.15) is 40.5 Å². The van der Waals surface area contributed by atoms with Crippen LogP contribution in [0.5, 0.6) is 0 Å². The third-order valence-electron chi connectivity index (χ3n) is 3.64. The first kappa shape index (κ1) is 13.9. The summed E-state index contributed by atoms with van der Waals surface area (Å²) >= 11 is 0. The summed E-state index contributed by atoms with van der Waals surface area (Å²) in [6.07, 6.45) is 2.95. The molecule has 1 aliphatic heterocycles. The van der Waals surface area contributed by atoms with E-state index in [0.717, 1.165) is 19.7 Å². The van der Waals surface area contributed by atoms with E-state index in [2.05, 4.69) is 37.9 Å². The molecule has 1 saturated heterocycles. The van der Waals surface area contributed by atoms with E-state index in [1.807, 2.05) is 0 Å². The highest BCUT2D eigenvalue weighted by Gasteiger charge is 2.26. The van der Waals surface area contributed by atoms with Gasteiger partial charge in [-0.15, -0.1) is 0 Å². The van der Waals surface area contributed by atoms with Gasteiger partial charge in [0.1, 0.15) is 0 Å². The first-order valence-corrected chi connectivity index (χ1v) is 6.78. The maximum absolute atomic E-state index is 5.74. The van der Waals surface area contributed by atoms with Gasteiger partial charge in [-0.1, -0.05) is 6.92 Å². The molecule has 0 aromatic heterocycles. The van der Waals surface area contributed by atoms with Gasteiger partial charge in [0.25, 0.3) is 0 Å². The Balaban J connectivity index is 2.39. The molecule has 96 valence electrons. The van der Waals surface area contributed by atoms with Gasteiger partial charge in [-0.05, 0) is 46.7 Å². The summed E-state index contributed by atoms with van der Waals surface area (Å²) in [6, 6.07) is 1.16. The zero-order chi connectivity index (χ0) is 12.0. The Hall–Kier alpha value is -0.120. The molecular formula is C13H28N2O. The number of piperidine rings is 1. The first-order valence-electron chi connectivity index (χ1n) is 6.78. The van der Waals surface area contributed by atoms with Gasteiger partial charge in [-0.25, -0.2) is 0 Å². The lowest BCUT2D eigenvalue weighted by Crippen LogP contribution is -2.51. The Morgan fingerprint density at radius 1 is 1.38 bits per heavy atom. The monoisotopic (exact) mass is 228 g/mol. The minimum atomic E-state index is 0.454. The highest BCUT2D eigenvalue weighted by molar-refractivity contribution is 4.82. The van der Waals surface area contributed by atoms with Crippen molar-refractivity contribution in [3.05, 3.63) is 0 Å². The van der Waals surface area contributed by atoms with Crippen LogP contribution in [-0.4, -0.2) is 49.3 Å². The van der Waals surface area contributed by atoms with E-state index in [1.54, 1.807) is 0 Å². The second-order valence-corrected chi connectivity index (χ2v) is 4.80. The number of nitrogens with one attached hydrogen (secondary N) is 1. The molecule has 1 aliphatic rings. The molecule has 16 heavy (non-hydrogen) atoms. The van der Waals surface area contributed by atoms with Crippen molar-refractivity contribution >= 4 is 0 Å². The highest BCUT2D eigenvalue weighted by Crippen LogP contribution is 2.17. The number of hydrogen-bond acceptors (Lipinski definition) is 3. The third-order valence-corrected chi connectivity index (χ3v) is 3.64. The van der Waals surface area contributed by atoms with Gasteiger partial charge in [-0.3, -0.25) is 4.90 Å². The zero-order valence-corrected chi connectivity index (χ0v) is 11.3. The van der Waals surface area contributed by atoms with E-state index >= 15 is 0 Å². The van der Waals surface area contributed by atoms with Crippen molar-refractivity contribution in [1.29, 1.82) is 0 Å². The Morgan fingerprint density at radius 2 is 2.12 bits per heavy atom. The molecule has 0 bridgehead atoms. The highest BCUT2D eigenvalue weighted by atomic mass is 16.5. The van der Waals surface area contributed by atoms with Crippen LogP contribution in [0.2, 0.25) is 0 Å². The SMILES string of the molecule is CCNC(C)C(C)N1CCCC(OCC)C1. The van der Waals surface area contributed by atoms with Gasteiger partial charge in [0.05, 0.1) is 6.10 Å². The zero-order valence-electron chi connectivity index (χ0n) is 11.3. The molecule has 1 rings (SSSR count). The molecule has 0 saturated carbocycles. The van der Waals surface area contributed by atoms with Crippen molar-refractivity contribution in [3.8, 4) is 0 Å². The molecule has 1 heterocycles. The van der Waals surface area contributed by atoms with E-state index in [9.17, 15) is 0 Å². The number of nitrogens with zero attached hydrogens (tertiary/aromatic N) is 1. The summed E-state index contributed by atoms with van der Waals surface area (Å²) in [6.45, 7) is 13.1. The Kier molecular flexibility index (Phi) is 6.32. The lowest BCUT2D eigenvalue weighted by atomic mass is 10.0. The topological polar surface area (TPSA) is 24.5 Å². The number of ether oxygens (including phenoxy) is 1. The van der Waals surface area contributed by atoms with Gasteiger partial charge in [0, 0.05) is 25.2 Å². The molecule has 0 radical (unpaired) electrons. The molecule has 0 aliphatic carbocycles. The number of likely N-dealkylation sites (N-methyl/N-ethyl adjacent to an activating group) is 1. The maximum atomic E-state index is 5.74. The van der Waals surface area contributed by atoms with Crippen molar-refractivity contribution < 1.29 is 4.74 Å². The molecule has 1 fully saturated rings. The Bertz CT molecular complexity index is 181. The Morgan fingerprint density at radius 3 is 2.75 bits per heavy atom. The lowest BCUT2D eigenvalue weighted by Gasteiger charge is -2.39. The van der Waals surface area contributed by atoms with E-state index in [-0.39, 0.29) is 0 Å². The Labute approximate surface area is 101 Å². The van der Waals surface area contributed by atoms with E-state index in [0.29, 0.717) is 18.2 Å². The van der Waals surface area contributed by atoms with Crippen LogP contribution in [0.4, 0.5) is 0 Å². The second kappa shape index (κ2) is 7.25. The summed E-state index contributed by atoms with van der Waals surface area (Å²) < 4.78 is 5.74. The fourth-order valence-corrected chi connectivity index (χ4v) is 2.52. The predicted molar refractivity (Wildman–Crippen MR) is 68.8 cm³/mol. The fourth-order valence-electron chi connectivity index (χ4n) is 2.52.